The molecule has 0 aromatic heterocycles. The third-order valence-electron chi connectivity index (χ3n) is 0.464. The van der Waals surface area contributed by atoms with Crippen molar-refractivity contribution < 1.29 is 9.90 Å². The van der Waals surface area contributed by atoms with Crippen LogP contribution in [0.4, 0.5) is 0 Å². The van der Waals surface area contributed by atoms with Crippen LogP contribution in [-0.4, -0.2) is 40.6 Å². The van der Waals surface area contributed by atoms with Crippen molar-refractivity contribution in [3.8, 4) is 0 Å². The van der Waals surface area contributed by atoms with Crippen LogP contribution in [0.2, 0.25) is 0 Å². The Morgan fingerprint density at radius 1 is 1.62 bits per heavy atom. The molecule has 0 atom stereocenters. The fraction of sp³-hybridized carbons (Fsp3) is 0.750. The molecule has 4 heteroatoms. The zero-order valence-corrected chi connectivity index (χ0v) is 4.48. The Kier molecular flexibility index (Phi) is 20.6. The zero-order valence-electron chi connectivity index (χ0n) is 4.48. The molecule has 0 rings (SSSR count). The number of carboxylic acids is 1. The van der Waals surface area contributed by atoms with Crippen LogP contribution in [0, 0.1) is 0 Å². The van der Waals surface area contributed by atoms with E-state index in [-0.39, 0.29) is 35.7 Å². The van der Waals surface area contributed by atoms with Crippen LogP contribution in [-0.2, 0) is 4.79 Å². The van der Waals surface area contributed by atoms with Crippen LogP contribution in [0.15, 0.2) is 0 Å². The molecule has 0 heterocycles. The van der Waals surface area contributed by atoms with Crippen LogP contribution in [0.1, 0.15) is 19.8 Å². The topological polar surface area (TPSA) is 72.3 Å². The molecule has 0 aliphatic rings. The van der Waals surface area contributed by atoms with Crippen molar-refractivity contribution in [1.29, 1.82) is 0 Å². The first-order chi connectivity index (χ1) is 2.77. The van der Waals surface area contributed by atoms with E-state index in [1.165, 1.54) is 0 Å². The van der Waals surface area contributed by atoms with E-state index < -0.39 is 5.97 Å². The summed E-state index contributed by atoms with van der Waals surface area (Å²) in [7, 11) is 0. The zero-order chi connectivity index (χ0) is 4.99. The van der Waals surface area contributed by atoms with Crippen LogP contribution in [0.3, 0.4) is 0 Å². The SMILES string of the molecule is CCCC(=O)O.N.[NaH]. The van der Waals surface area contributed by atoms with Crippen molar-refractivity contribution in [2.24, 2.45) is 0 Å². The van der Waals surface area contributed by atoms with Crippen molar-refractivity contribution in [3.63, 3.8) is 0 Å². The fourth-order valence-electron chi connectivity index (χ4n) is 0.214. The molecule has 0 unspecified atom stereocenters. The van der Waals surface area contributed by atoms with Gasteiger partial charge in [0.2, 0.25) is 0 Å². The Bertz CT molecular complexity index is 58.0. The minimum absolute atomic E-state index is 0. The van der Waals surface area contributed by atoms with Crippen LogP contribution in [0.25, 0.3) is 0 Å². The average molecular weight is 129 g/mol. The molecule has 3 nitrogen and oxygen atoms in total. The monoisotopic (exact) mass is 129 g/mol. The van der Waals surface area contributed by atoms with Gasteiger partial charge in [0.05, 0.1) is 0 Å². The van der Waals surface area contributed by atoms with Gasteiger partial charge >= 0.3 is 35.5 Å². The predicted octanol–water partition coefficient (Wildman–Crippen LogP) is 0.385. The summed E-state index contributed by atoms with van der Waals surface area (Å²) >= 11 is 0. The van der Waals surface area contributed by atoms with Gasteiger partial charge in [-0.05, 0) is 6.42 Å². The van der Waals surface area contributed by atoms with Gasteiger partial charge in [-0.3, -0.25) is 4.79 Å². The van der Waals surface area contributed by atoms with Gasteiger partial charge in [0.15, 0.2) is 0 Å². The van der Waals surface area contributed by atoms with Gasteiger partial charge in [-0.2, -0.15) is 0 Å². The van der Waals surface area contributed by atoms with Crippen molar-refractivity contribution in [2.45, 2.75) is 19.8 Å². The maximum atomic E-state index is 9.60. The fourth-order valence-corrected chi connectivity index (χ4v) is 0.214. The number of carbonyl (C=O) groups is 1. The predicted molar refractivity (Wildman–Crippen MR) is 34.7 cm³/mol. The molecule has 46 valence electrons. The second-order valence-corrected chi connectivity index (χ2v) is 1.14. The second kappa shape index (κ2) is 10.4. The molecule has 4 N–H and O–H groups in total. The summed E-state index contributed by atoms with van der Waals surface area (Å²) in [5.74, 6) is -0.711. The summed E-state index contributed by atoms with van der Waals surface area (Å²) < 4.78 is 0. The molecule has 0 amide bonds. The van der Waals surface area contributed by atoms with E-state index in [0.717, 1.165) is 6.42 Å². The van der Waals surface area contributed by atoms with Crippen LogP contribution < -0.4 is 6.15 Å². The molecule has 0 saturated carbocycles. The van der Waals surface area contributed by atoms with Gasteiger partial charge in [-0.1, -0.05) is 6.92 Å². The molecule has 0 aliphatic carbocycles. The summed E-state index contributed by atoms with van der Waals surface area (Å²) in [6.07, 6.45) is 1.02. The number of hydrogen-bond donors (Lipinski definition) is 2. The van der Waals surface area contributed by atoms with Crippen molar-refractivity contribution in [3.05, 3.63) is 0 Å². The molecule has 0 bridgehead atoms. The first-order valence-electron chi connectivity index (χ1n) is 1.99. The molecular formula is C4H12NNaO2. The van der Waals surface area contributed by atoms with E-state index in [9.17, 15) is 4.79 Å². The van der Waals surface area contributed by atoms with E-state index in [0.29, 0.717) is 6.42 Å². The van der Waals surface area contributed by atoms with Gasteiger partial charge in [0, 0.05) is 6.42 Å². The van der Waals surface area contributed by atoms with Crippen molar-refractivity contribution in [1.82, 2.24) is 6.15 Å². The molecule has 0 spiro atoms. The number of rotatable bonds is 2. The van der Waals surface area contributed by atoms with Gasteiger partial charge < -0.3 is 11.3 Å². The average Bonchev–Trinajstić information content (AvgIpc) is 1.35. The Labute approximate surface area is 71.3 Å². The Hall–Kier alpha value is 0.430. The summed E-state index contributed by atoms with van der Waals surface area (Å²) in [6, 6.07) is 0. The van der Waals surface area contributed by atoms with E-state index >= 15 is 0 Å². The third kappa shape index (κ3) is 16.1. The maximum absolute atomic E-state index is 9.60. The quantitative estimate of drug-likeness (QED) is 0.529. The van der Waals surface area contributed by atoms with E-state index in [4.69, 9.17) is 5.11 Å². The van der Waals surface area contributed by atoms with Crippen LogP contribution >= 0.6 is 0 Å². The number of aliphatic carboxylic acids is 1. The van der Waals surface area contributed by atoms with Gasteiger partial charge in [0.1, 0.15) is 0 Å². The van der Waals surface area contributed by atoms with Crippen LogP contribution in [0.5, 0.6) is 0 Å². The summed E-state index contributed by atoms with van der Waals surface area (Å²) in [5.41, 5.74) is 0. The van der Waals surface area contributed by atoms with Crippen molar-refractivity contribution >= 4 is 35.5 Å². The standard InChI is InChI=1S/C4H8O2.H3N.Na.H/c1-2-3-4(5)6;;;/h2-3H2,1H3,(H,5,6);1H3;;. The minimum atomic E-state index is -0.711. The van der Waals surface area contributed by atoms with Gasteiger partial charge in [0.25, 0.3) is 0 Å². The molecule has 8 heavy (non-hydrogen) atoms. The second-order valence-electron chi connectivity index (χ2n) is 1.14. The van der Waals surface area contributed by atoms with Gasteiger partial charge in [-0.25, -0.2) is 0 Å². The summed E-state index contributed by atoms with van der Waals surface area (Å²) in [4.78, 5) is 9.60. The molecule has 0 fully saturated rings. The van der Waals surface area contributed by atoms with Gasteiger partial charge in [-0.15, -0.1) is 0 Å². The van der Waals surface area contributed by atoms with E-state index in [1.54, 1.807) is 0 Å². The molecule has 0 saturated heterocycles. The molecule has 0 radical (unpaired) electrons. The Morgan fingerprint density at radius 2 is 2.00 bits per heavy atom. The number of hydrogen-bond acceptors (Lipinski definition) is 2. The number of carboxylic acid groups (broad SMARTS) is 1. The summed E-state index contributed by atoms with van der Waals surface area (Å²) in [5, 5.41) is 7.91. The molecule has 0 aliphatic heterocycles. The van der Waals surface area contributed by atoms with E-state index in [2.05, 4.69) is 0 Å². The molecule has 0 aromatic carbocycles. The normalized spacial score (nSPS) is 6.12. The first kappa shape index (κ1) is 15.8. The Balaban J connectivity index is -0.000000125. The Morgan fingerprint density at radius 3 is 2.00 bits per heavy atom. The van der Waals surface area contributed by atoms with Crippen molar-refractivity contribution in [2.75, 3.05) is 0 Å². The van der Waals surface area contributed by atoms with E-state index in [1.807, 2.05) is 6.92 Å². The third-order valence-corrected chi connectivity index (χ3v) is 0.464. The molecular weight excluding hydrogens is 117 g/mol. The summed E-state index contributed by atoms with van der Waals surface area (Å²) in [6.45, 7) is 1.84. The molecule has 0 aromatic rings. The first-order valence-corrected chi connectivity index (χ1v) is 1.99.